The van der Waals surface area contributed by atoms with Crippen molar-refractivity contribution in [2.24, 2.45) is 40.4 Å². The molecule has 0 bridgehead atoms. The summed E-state index contributed by atoms with van der Waals surface area (Å²) < 4.78 is 79.5. The average molecular weight is 426 g/mol. The Morgan fingerprint density at radius 1 is 0.931 bits per heavy atom. The highest BCUT2D eigenvalue weighted by Crippen LogP contribution is 2.67. The van der Waals surface area contributed by atoms with E-state index in [9.17, 15) is 26.3 Å². The second-order valence-electron chi connectivity index (χ2n) is 10.3. The molecule has 1 N–H and O–H groups in total. The molecular weight excluding hydrogens is 392 g/mol. The van der Waals surface area contributed by atoms with Gasteiger partial charge in [-0.25, -0.2) is 0 Å². The van der Waals surface area contributed by atoms with E-state index >= 15 is 0 Å². The number of rotatable bonds is 4. The molecule has 0 aromatic carbocycles. The van der Waals surface area contributed by atoms with Crippen LogP contribution in [0.5, 0.6) is 0 Å². The first-order valence-electron chi connectivity index (χ1n) is 11.0. The lowest BCUT2D eigenvalue weighted by atomic mass is 9.46. The van der Waals surface area contributed by atoms with Gasteiger partial charge in [0, 0.05) is 12.3 Å². The van der Waals surface area contributed by atoms with E-state index in [0.29, 0.717) is 38.5 Å². The Labute approximate surface area is 169 Å². The quantitative estimate of drug-likeness (QED) is 0.351. The van der Waals surface area contributed by atoms with Gasteiger partial charge in [0.2, 0.25) is 0 Å². The van der Waals surface area contributed by atoms with Crippen LogP contribution in [0.1, 0.15) is 78.6 Å². The predicted molar refractivity (Wildman–Crippen MR) is 101 cm³/mol. The maximum atomic E-state index is 13.3. The molecular formula is C22H33F6N. The maximum absolute atomic E-state index is 13.3. The van der Waals surface area contributed by atoms with Gasteiger partial charge >= 0.3 is 12.4 Å². The van der Waals surface area contributed by atoms with Crippen molar-refractivity contribution in [3.8, 4) is 0 Å². The first-order valence-corrected chi connectivity index (χ1v) is 11.0. The summed E-state index contributed by atoms with van der Waals surface area (Å²) in [6.07, 6.45) is -4.50. The molecule has 0 aromatic rings. The lowest BCUT2D eigenvalue weighted by Gasteiger charge is -2.59. The molecule has 0 aliphatic heterocycles. The summed E-state index contributed by atoms with van der Waals surface area (Å²) in [5.74, 6) is -0.782. The van der Waals surface area contributed by atoms with Crippen LogP contribution < -0.4 is 0 Å². The van der Waals surface area contributed by atoms with E-state index in [2.05, 4.69) is 0 Å². The van der Waals surface area contributed by atoms with Crippen molar-refractivity contribution in [2.75, 3.05) is 0 Å². The zero-order chi connectivity index (χ0) is 21.8. The number of alkyl halides is 6. The monoisotopic (exact) mass is 425 g/mol. The van der Waals surface area contributed by atoms with Gasteiger partial charge in [-0.05, 0) is 79.4 Å². The molecule has 3 aliphatic carbocycles. The molecule has 0 saturated heterocycles. The van der Waals surface area contributed by atoms with E-state index in [4.69, 9.17) is 5.41 Å². The van der Waals surface area contributed by atoms with Gasteiger partial charge in [0.1, 0.15) is 5.71 Å². The Bertz CT molecular complexity index is 626. The first-order chi connectivity index (χ1) is 13.2. The Morgan fingerprint density at radius 2 is 1.59 bits per heavy atom. The van der Waals surface area contributed by atoms with E-state index in [1.54, 1.807) is 0 Å². The largest absolute Gasteiger partial charge is 0.429 e. The Hall–Kier alpha value is -0.750. The average Bonchev–Trinajstić information content (AvgIpc) is 2.92. The molecule has 7 heteroatoms. The third kappa shape index (κ3) is 3.96. The number of halogens is 6. The molecule has 7 unspecified atom stereocenters. The standard InChI is InChI=1S/C22H33F6N/c1-4-10-19(2)13(12-21(23,24)25)5-6-14-15-7-8-17(18(29)22(26,27)28)20(15,3)11-9-16(14)19/h13-17,29H,4-12H2,1-3H3. The molecule has 0 spiro atoms. The summed E-state index contributed by atoms with van der Waals surface area (Å²) in [4.78, 5) is 0. The maximum Gasteiger partial charge on any atom is 0.429 e. The normalized spacial score (nSPS) is 43.0. The lowest BCUT2D eigenvalue weighted by molar-refractivity contribution is -0.177. The van der Waals surface area contributed by atoms with E-state index in [0.717, 1.165) is 12.8 Å². The lowest BCUT2D eigenvalue weighted by Crippen LogP contribution is -2.53. The van der Waals surface area contributed by atoms with Crippen LogP contribution in [0.3, 0.4) is 0 Å². The molecule has 3 fully saturated rings. The second-order valence-corrected chi connectivity index (χ2v) is 10.3. The van der Waals surface area contributed by atoms with Gasteiger partial charge in [0.25, 0.3) is 0 Å². The highest BCUT2D eigenvalue weighted by molar-refractivity contribution is 5.90. The Kier molecular flexibility index (Phi) is 5.88. The van der Waals surface area contributed by atoms with Crippen LogP contribution >= 0.6 is 0 Å². The minimum absolute atomic E-state index is 0.0805. The highest BCUT2D eigenvalue weighted by atomic mass is 19.4. The highest BCUT2D eigenvalue weighted by Gasteiger charge is 2.62. The summed E-state index contributed by atoms with van der Waals surface area (Å²) in [5, 5.41) is 7.74. The number of hydrogen-bond acceptors (Lipinski definition) is 1. The van der Waals surface area contributed by atoms with E-state index < -0.39 is 47.2 Å². The summed E-state index contributed by atoms with van der Waals surface area (Å²) in [5.41, 5.74) is -2.08. The molecule has 29 heavy (non-hydrogen) atoms. The summed E-state index contributed by atoms with van der Waals surface area (Å²) in [6, 6.07) is 0. The van der Waals surface area contributed by atoms with Gasteiger partial charge in [-0.2, -0.15) is 26.3 Å². The fraction of sp³-hybridized carbons (Fsp3) is 0.955. The zero-order valence-corrected chi connectivity index (χ0v) is 17.5. The van der Waals surface area contributed by atoms with Crippen LogP contribution in [0.4, 0.5) is 26.3 Å². The molecule has 3 saturated carbocycles. The van der Waals surface area contributed by atoms with Crippen molar-refractivity contribution < 1.29 is 26.3 Å². The molecule has 0 amide bonds. The van der Waals surface area contributed by atoms with Crippen LogP contribution in [0.2, 0.25) is 0 Å². The molecule has 3 aliphatic rings. The molecule has 1 nitrogen and oxygen atoms in total. The number of hydrogen-bond donors (Lipinski definition) is 1. The van der Waals surface area contributed by atoms with Crippen LogP contribution in [0.25, 0.3) is 0 Å². The van der Waals surface area contributed by atoms with Gasteiger partial charge in [0.15, 0.2) is 0 Å². The minimum atomic E-state index is -4.60. The molecule has 0 aromatic heterocycles. The Balaban J connectivity index is 1.88. The van der Waals surface area contributed by atoms with Gasteiger partial charge in [-0.15, -0.1) is 0 Å². The molecule has 7 atom stereocenters. The van der Waals surface area contributed by atoms with Gasteiger partial charge in [-0.3, -0.25) is 0 Å². The summed E-state index contributed by atoms with van der Waals surface area (Å²) in [7, 11) is 0. The van der Waals surface area contributed by atoms with Crippen LogP contribution in [-0.2, 0) is 0 Å². The first kappa shape index (κ1) is 22.9. The van der Waals surface area contributed by atoms with E-state index in [-0.39, 0.29) is 17.8 Å². The third-order valence-electron chi connectivity index (χ3n) is 8.99. The molecule has 168 valence electrons. The smallest absolute Gasteiger partial charge is 0.300 e. The zero-order valence-electron chi connectivity index (χ0n) is 17.5. The van der Waals surface area contributed by atoms with Crippen molar-refractivity contribution in [3.05, 3.63) is 0 Å². The number of nitrogens with one attached hydrogen (secondary N) is 1. The topological polar surface area (TPSA) is 23.9 Å². The second kappa shape index (κ2) is 7.44. The minimum Gasteiger partial charge on any atom is -0.300 e. The van der Waals surface area contributed by atoms with Crippen molar-refractivity contribution in [1.82, 2.24) is 0 Å². The van der Waals surface area contributed by atoms with Crippen molar-refractivity contribution in [1.29, 1.82) is 5.41 Å². The Morgan fingerprint density at radius 3 is 2.14 bits per heavy atom. The predicted octanol–water partition coefficient (Wildman–Crippen LogP) is 7.80. The van der Waals surface area contributed by atoms with Crippen LogP contribution in [0.15, 0.2) is 0 Å². The third-order valence-corrected chi connectivity index (χ3v) is 8.99. The summed E-state index contributed by atoms with van der Waals surface area (Å²) >= 11 is 0. The fourth-order valence-electron chi connectivity index (χ4n) is 7.75. The van der Waals surface area contributed by atoms with Crippen LogP contribution in [-0.4, -0.2) is 18.1 Å². The van der Waals surface area contributed by atoms with Crippen molar-refractivity contribution in [2.45, 2.75) is 90.9 Å². The van der Waals surface area contributed by atoms with Crippen LogP contribution in [0, 0.1) is 45.8 Å². The van der Waals surface area contributed by atoms with Crippen molar-refractivity contribution in [3.63, 3.8) is 0 Å². The van der Waals surface area contributed by atoms with E-state index in [1.807, 2.05) is 20.8 Å². The fourth-order valence-corrected chi connectivity index (χ4v) is 7.75. The summed E-state index contributed by atoms with van der Waals surface area (Å²) in [6.45, 7) is 5.92. The van der Waals surface area contributed by atoms with Crippen molar-refractivity contribution >= 4 is 5.71 Å². The molecule has 0 radical (unpaired) electrons. The van der Waals surface area contributed by atoms with Gasteiger partial charge in [0.05, 0.1) is 0 Å². The molecule has 0 heterocycles. The SMILES string of the molecule is CCCC1(C)C(CC(F)(F)F)CCC2C1CCC1(C)C(C(=N)C(F)(F)F)CCC21. The molecule has 3 rings (SSSR count). The van der Waals surface area contributed by atoms with Gasteiger partial charge < -0.3 is 5.41 Å². The van der Waals surface area contributed by atoms with Gasteiger partial charge in [-0.1, -0.05) is 27.2 Å². The van der Waals surface area contributed by atoms with E-state index in [1.165, 1.54) is 0 Å². The number of fused-ring (bicyclic) bond motifs is 3.